The van der Waals surface area contributed by atoms with Crippen molar-refractivity contribution in [2.45, 2.75) is 119 Å². The molecule has 0 aliphatic heterocycles. The molecule has 0 unspecified atom stereocenters. The zero-order valence-corrected chi connectivity index (χ0v) is 49.4. The summed E-state index contributed by atoms with van der Waals surface area (Å²) >= 11 is 0. The summed E-state index contributed by atoms with van der Waals surface area (Å²) in [7, 11) is 1.69. The number of hydrogen-bond donors (Lipinski definition) is 0. The van der Waals surface area contributed by atoms with Crippen molar-refractivity contribution >= 4 is 78.5 Å². The molecule has 0 saturated carbocycles. The average molecular weight is 1070 g/mol. The van der Waals surface area contributed by atoms with Crippen molar-refractivity contribution in [2.24, 2.45) is 0 Å². The number of nitriles is 3. The third kappa shape index (κ3) is 17.0. The fourth-order valence-corrected chi connectivity index (χ4v) is 10.5. The van der Waals surface area contributed by atoms with E-state index in [1.165, 1.54) is 66.8 Å². The van der Waals surface area contributed by atoms with E-state index in [0.717, 1.165) is 116 Å². The van der Waals surface area contributed by atoms with Crippen LogP contribution in [0.15, 0.2) is 139 Å². The highest BCUT2D eigenvalue weighted by molar-refractivity contribution is 5.87. The quantitative estimate of drug-likeness (QED) is 0.0400. The van der Waals surface area contributed by atoms with E-state index in [4.69, 9.17) is 4.74 Å². The Bertz CT molecular complexity index is 3590. The maximum absolute atomic E-state index is 10.00. The number of hydrogen-bond acceptors (Lipinski definition) is 4. The van der Waals surface area contributed by atoms with Gasteiger partial charge in [0.15, 0.2) is 0 Å². The van der Waals surface area contributed by atoms with Gasteiger partial charge in [-0.3, -0.25) is 0 Å². The third-order valence-electron chi connectivity index (χ3n) is 14.8. The van der Waals surface area contributed by atoms with Gasteiger partial charge in [0.25, 0.3) is 0 Å². The molecule has 4 heteroatoms. The van der Waals surface area contributed by atoms with Crippen LogP contribution in [0, 0.1) is 34.0 Å². The summed E-state index contributed by atoms with van der Waals surface area (Å²) in [5.41, 5.74) is 22.6. The van der Waals surface area contributed by atoms with Gasteiger partial charge >= 0.3 is 0 Å². The van der Waals surface area contributed by atoms with Gasteiger partial charge in [-0.2, -0.15) is 15.8 Å². The minimum Gasteiger partial charge on any atom is -0.497 e. The maximum Gasteiger partial charge on any atom is 0.148 e. The van der Waals surface area contributed by atoms with Gasteiger partial charge in [0.1, 0.15) is 29.5 Å². The van der Waals surface area contributed by atoms with E-state index in [2.05, 4.69) is 236 Å². The van der Waals surface area contributed by atoms with Crippen molar-refractivity contribution in [3.8, 4) is 24.0 Å². The zero-order chi connectivity index (χ0) is 58.1. The Kier molecular flexibility index (Phi) is 23.4. The summed E-state index contributed by atoms with van der Waals surface area (Å²) in [5.74, 6) is 0.863. The Morgan fingerprint density at radius 3 is 0.793 bits per heavy atom. The third-order valence-corrected chi connectivity index (χ3v) is 14.8. The Hall–Kier alpha value is -9.01. The number of allylic oxidation sites excluding steroid dienone is 2. The first kappa shape index (κ1) is 60.6. The molecule has 0 N–H and O–H groups in total. The number of methoxy groups -OCH3 is 1. The van der Waals surface area contributed by atoms with E-state index >= 15 is 0 Å². The topological polar surface area (TPSA) is 80.6 Å². The van der Waals surface area contributed by atoms with Crippen molar-refractivity contribution in [1.82, 2.24) is 0 Å². The number of benzene rings is 7. The minimum atomic E-state index is -0.144. The van der Waals surface area contributed by atoms with Gasteiger partial charge in [-0.05, 0) is 162 Å². The Labute approximate surface area is 490 Å². The summed E-state index contributed by atoms with van der Waals surface area (Å²) in [5, 5.41) is 29.2. The molecule has 412 valence electrons. The van der Waals surface area contributed by atoms with E-state index < -0.39 is 0 Å². The van der Waals surface area contributed by atoms with Crippen LogP contribution in [0.25, 0.3) is 78.5 Å². The van der Waals surface area contributed by atoms with Crippen LogP contribution in [-0.4, -0.2) is 7.11 Å². The predicted octanol–water partition coefficient (Wildman–Crippen LogP) is 20.8. The van der Waals surface area contributed by atoms with Gasteiger partial charge in [0, 0.05) is 0 Å². The molecule has 0 bridgehead atoms. The monoisotopic (exact) mass is 1070 g/mol. The number of nitrogens with zero attached hydrogens (tertiary/aromatic N) is 3. The number of aryl methyl sites for hydroxylation is 6. The SMILES string of the molecule is CCCc1cc(/C=C/c2ccc(/C=C/c3cc(CCC)c(/C=C/c4ccc(/C=C/c5cc(CCC)c(C(C#N)=C(C#N)C#N)cc5CCC)cc4)cc3CCC)cc2)c(CCC)cc1/C=C/c1ccc(/C=C/c2ccc(OC)cc2)cc1. The molecule has 7 rings (SSSR count). The Morgan fingerprint density at radius 1 is 0.317 bits per heavy atom. The maximum atomic E-state index is 10.00. The molecule has 4 nitrogen and oxygen atoms in total. The zero-order valence-electron chi connectivity index (χ0n) is 49.4. The van der Waals surface area contributed by atoms with Crippen LogP contribution in [0.4, 0.5) is 0 Å². The highest BCUT2D eigenvalue weighted by Gasteiger charge is 2.17. The highest BCUT2D eigenvalue weighted by atomic mass is 16.5. The molecule has 0 atom stereocenters. The van der Waals surface area contributed by atoms with Crippen molar-refractivity contribution in [3.63, 3.8) is 0 Å². The summed E-state index contributed by atoms with van der Waals surface area (Å²) in [6, 6.07) is 54.2. The second-order valence-electron chi connectivity index (χ2n) is 21.1. The second kappa shape index (κ2) is 31.7. The lowest BCUT2D eigenvalue weighted by molar-refractivity contribution is 0.415. The van der Waals surface area contributed by atoms with Crippen LogP contribution in [0.5, 0.6) is 5.75 Å². The Balaban J connectivity index is 1.03. The molecule has 0 aromatic heterocycles. The van der Waals surface area contributed by atoms with E-state index in [0.29, 0.717) is 5.56 Å². The highest BCUT2D eigenvalue weighted by Crippen LogP contribution is 2.31. The summed E-state index contributed by atoms with van der Waals surface area (Å²) in [6.45, 7) is 13.3. The lowest BCUT2D eigenvalue weighted by atomic mass is 9.88. The molecular weight excluding hydrogens is 995 g/mol. The molecule has 0 amide bonds. The summed E-state index contributed by atoms with van der Waals surface area (Å²) in [4.78, 5) is 0. The predicted molar refractivity (Wildman–Crippen MR) is 353 cm³/mol. The molecule has 0 heterocycles. The van der Waals surface area contributed by atoms with E-state index in [-0.39, 0.29) is 11.1 Å². The van der Waals surface area contributed by atoms with Gasteiger partial charge < -0.3 is 4.74 Å². The molecule has 7 aromatic carbocycles. The largest absolute Gasteiger partial charge is 0.497 e. The fraction of sp³-hybridized carbons (Fsp3) is 0.244. The molecule has 82 heavy (non-hydrogen) atoms. The van der Waals surface area contributed by atoms with Crippen LogP contribution in [-0.2, 0) is 38.5 Å². The van der Waals surface area contributed by atoms with Crippen LogP contribution in [0.2, 0.25) is 0 Å². The molecule has 0 aliphatic carbocycles. The van der Waals surface area contributed by atoms with E-state index in [1.54, 1.807) is 7.11 Å². The van der Waals surface area contributed by atoms with Gasteiger partial charge in [-0.1, -0.05) is 268 Å². The molecule has 0 aliphatic rings. The smallest absolute Gasteiger partial charge is 0.148 e. The normalized spacial score (nSPS) is 11.6. The van der Waals surface area contributed by atoms with Crippen molar-refractivity contribution in [3.05, 3.63) is 245 Å². The minimum absolute atomic E-state index is 0.144. The van der Waals surface area contributed by atoms with Crippen molar-refractivity contribution < 1.29 is 4.74 Å². The molecule has 7 aromatic rings. The fourth-order valence-electron chi connectivity index (χ4n) is 10.5. The van der Waals surface area contributed by atoms with E-state index in [1.807, 2.05) is 30.3 Å². The first-order valence-corrected chi connectivity index (χ1v) is 29.6. The van der Waals surface area contributed by atoms with Gasteiger partial charge in [0.2, 0.25) is 0 Å². The van der Waals surface area contributed by atoms with Crippen molar-refractivity contribution in [1.29, 1.82) is 15.8 Å². The first-order valence-electron chi connectivity index (χ1n) is 29.6. The van der Waals surface area contributed by atoms with Crippen LogP contribution >= 0.6 is 0 Å². The first-order chi connectivity index (χ1) is 40.2. The summed E-state index contributed by atoms with van der Waals surface area (Å²) in [6.07, 6.45) is 38.5. The van der Waals surface area contributed by atoms with Gasteiger partial charge in [-0.15, -0.1) is 0 Å². The van der Waals surface area contributed by atoms with Crippen LogP contribution in [0.3, 0.4) is 0 Å². The van der Waals surface area contributed by atoms with Crippen molar-refractivity contribution in [2.75, 3.05) is 7.11 Å². The second-order valence-corrected chi connectivity index (χ2v) is 21.1. The number of rotatable bonds is 26. The molecular formula is C78H79N3O. The van der Waals surface area contributed by atoms with Gasteiger partial charge in [-0.25, -0.2) is 0 Å². The van der Waals surface area contributed by atoms with Gasteiger partial charge in [0.05, 0.1) is 12.7 Å². The standard InChI is InChI=1S/C78H79N3O/c1-8-14-64-49-70(65(15-9-2)48-69(64)41-34-58-23-20-57(21-24-58)22-33-63-39-46-76(82-7)47-40-63)42-35-59-25-27-60(28-26-59)36-43-71-50-67(17-11-4)72(51-66(71)16-10-3)44-37-61-29-31-62(32-30-61)38-45-73-52-74(19-13-6)77(53-68(73)18-12-5)78(56-81)75(54-79)55-80/h20-53H,8-19H2,1-7H3/b33-22+,41-34+,42-35+,43-36+,44-37+,45-38+. The number of ether oxygens (including phenoxy) is 1. The van der Waals surface area contributed by atoms with Crippen LogP contribution < -0.4 is 4.74 Å². The molecule has 0 radical (unpaired) electrons. The molecule has 0 saturated heterocycles. The molecule has 0 spiro atoms. The molecule has 0 fully saturated rings. The Morgan fingerprint density at radius 2 is 0.549 bits per heavy atom. The lowest BCUT2D eigenvalue weighted by Crippen LogP contribution is -2.00. The lowest BCUT2D eigenvalue weighted by Gasteiger charge is -2.14. The van der Waals surface area contributed by atoms with E-state index in [9.17, 15) is 15.8 Å². The summed E-state index contributed by atoms with van der Waals surface area (Å²) < 4.78 is 5.30. The van der Waals surface area contributed by atoms with Crippen LogP contribution in [0.1, 0.15) is 186 Å². The average Bonchev–Trinajstić information content (AvgIpc) is 3.54.